The Morgan fingerprint density at radius 2 is 1.74 bits per heavy atom. The van der Waals surface area contributed by atoms with E-state index in [1.165, 1.54) is 11.3 Å². The summed E-state index contributed by atoms with van der Waals surface area (Å²) in [5.74, 6) is -0.406. The average Bonchev–Trinajstić information content (AvgIpc) is 3.10. The second-order valence-electron chi connectivity index (χ2n) is 6.16. The van der Waals surface area contributed by atoms with Gasteiger partial charge in [0, 0.05) is 12.5 Å². The largest absolute Gasteiger partial charge is 0.455 e. The van der Waals surface area contributed by atoms with E-state index in [4.69, 9.17) is 9.47 Å². The number of rotatable bonds is 5. The number of carbonyl (C=O) groups is 1. The molecule has 2 aromatic carbocycles. The van der Waals surface area contributed by atoms with E-state index in [0.29, 0.717) is 11.3 Å². The SMILES string of the molecule is COCc1nc2ccccc2c(C)c1C(=O)OCc1nc2ccccc2s1. The Morgan fingerprint density at radius 3 is 2.52 bits per heavy atom. The second kappa shape index (κ2) is 7.42. The molecule has 0 amide bonds. The number of hydrogen-bond donors (Lipinski definition) is 0. The number of hydrogen-bond acceptors (Lipinski definition) is 6. The molecule has 136 valence electrons. The van der Waals surface area contributed by atoms with Gasteiger partial charge in [-0.2, -0.15) is 0 Å². The molecule has 0 saturated heterocycles. The highest BCUT2D eigenvalue weighted by atomic mass is 32.1. The Kier molecular flexibility index (Phi) is 4.83. The summed E-state index contributed by atoms with van der Waals surface area (Å²) in [6.45, 7) is 2.30. The highest BCUT2D eigenvalue weighted by molar-refractivity contribution is 7.18. The van der Waals surface area contributed by atoms with Gasteiger partial charge in [-0.3, -0.25) is 0 Å². The number of fused-ring (bicyclic) bond motifs is 2. The molecule has 0 atom stereocenters. The fourth-order valence-electron chi connectivity index (χ4n) is 3.13. The predicted octanol–water partition coefficient (Wildman–Crippen LogP) is 4.66. The van der Waals surface area contributed by atoms with Crippen molar-refractivity contribution in [1.29, 1.82) is 0 Å². The van der Waals surface area contributed by atoms with Crippen molar-refractivity contribution in [2.24, 2.45) is 0 Å². The number of methoxy groups -OCH3 is 1. The molecule has 5 nitrogen and oxygen atoms in total. The zero-order valence-corrected chi connectivity index (χ0v) is 15.9. The fourth-order valence-corrected chi connectivity index (χ4v) is 4.01. The first-order chi connectivity index (χ1) is 13.2. The lowest BCUT2D eigenvalue weighted by molar-refractivity contribution is 0.0466. The van der Waals surface area contributed by atoms with Crippen LogP contribution in [-0.4, -0.2) is 23.0 Å². The maximum absolute atomic E-state index is 12.9. The molecule has 0 N–H and O–H groups in total. The number of carbonyl (C=O) groups excluding carboxylic acids is 1. The van der Waals surface area contributed by atoms with Gasteiger partial charge in [-0.15, -0.1) is 11.3 Å². The molecule has 0 spiro atoms. The van der Waals surface area contributed by atoms with Crippen molar-refractivity contribution in [3.63, 3.8) is 0 Å². The Morgan fingerprint density at radius 1 is 1.00 bits per heavy atom. The minimum Gasteiger partial charge on any atom is -0.455 e. The van der Waals surface area contributed by atoms with Crippen LogP contribution in [0.4, 0.5) is 0 Å². The van der Waals surface area contributed by atoms with E-state index in [2.05, 4.69) is 9.97 Å². The van der Waals surface area contributed by atoms with E-state index in [0.717, 1.165) is 31.7 Å². The van der Waals surface area contributed by atoms with E-state index < -0.39 is 5.97 Å². The summed E-state index contributed by atoms with van der Waals surface area (Å²) >= 11 is 1.53. The van der Waals surface area contributed by atoms with Crippen LogP contribution in [0.15, 0.2) is 48.5 Å². The van der Waals surface area contributed by atoms with E-state index in [1.807, 2.05) is 55.5 Å². The van der Waals surface area contributed by atoms with Crippen LogP contribution < -0.4 is 0 Å². The van der Waals surface area contributed by atoms with Crippen LogP contribution in [0.2, 0.25) is 0 Å². The summed E-state index contributed by atoms with van der Waals surface area (Å²) in [6.07, 6.45) is 0. The minimum absolute atomic E-state index is 0.136. The first kappa shape index (κ1) is 17.6. The molecule has 4 rings (SSSR count). The monoisotopic (exact) mass is 378 g/mol. The lowest BCUT2D eigenvalue weighted by Crippen LogP contribution is -2.13. The molecule has 0 aliphatic heterocycles. The molecule has 0 bridgehead atoms. The third kappa shape index (κ3) is 3.41. The first-order valence-corrected chi connectivity index (χ1v) is 9.37. The van der Waals surface area contributed by atoms with Gasteiger partial charge in [0.15, 0.2) is 0 Å². The summed E-state index contributed by atoms with van der Waals surface area (Å²) in [4.78, 5) is 22.0. The van der Waals surface area contributed by atoms with Gasteiger partial charge in [0.25, 0.3) is 0 Å². The normalized spacial score (nSPS) is 11.2. The van der Waals surface area contributed by atoms with Crippen LogP contribution in [-0.2, 0) is 22.7 Å². The zero-order valence-electron chi connectivity index (χ0n) is 15.1. The summed E-state index contributed by atoms with van der Waals surface area (Å²) in [5, 5.41) is 1.70. The zero-order chi connectivity index (χ0) is 18.8. The van der Waals surface area contributed by atoms with Gasteiger partial charge in [-0.25, -0.2) is 14.8 Å². The molecule has 0 unspecified atom stereocenters. The number of thiazole rings is 1. The van der Waals surface area contributed by atoms with Gasteiger partial charge in [0.05, 0.1) is 33.6 Å². The number of pyridine rings is 1. The van der Waals surface area contributed by atoms with Crippen LogP contribution in [0.3, 0.4) is 0 Å². The van der Waals surface area contributed by atoms with Gasteiger partial charge in [-0.05, 0) is 30.7 Å². The van der Waals surface area contributed by atoms with Crippen LogP contribution in [0.5, 0.6) is 0 Å². The fraction of sp³-hybridized carbons (Fsp3) is 0.190. The topological polar surface area (TPSA) is 61.3 Å². The molecular formula is C21H18N2O3S. The molecule has 0 aliphatic carbocycles. The number of aromatic nitrogens is 2. The predicted molar refractivity (Wildman–Crippen MR) is 106 cm³/mol. The minimum atomic E-state index is -0.406. The molecular weight excluding hydrogens is 360 g/mol. The summed E-state index contributed by atoms with van der Waals surface area (Å²) in [7, 11) is 1.59. The Bertz CT molecular complexity index is 1100. The van der Waals surface area contributed by atoms with Crippen LogP contribution in [0.25, 0.3) is 21.1 Å². The second-order valence-corrected chi connectivity index (χ2v) is 7.28. The average molecular weight is 378 g/mol. The van der Waals surface area contributed by atoms with Gasteiger partial charge in [-0.1, -0.05) is 30.3 Å². The van der Waals surface area contributed by atoms with Gasteiger partial charge in [0.1, 0.15) is 11.6 Å². The van der Waals surface area contributed by atoms with E-state index in [-0.39, 0.29) is 13.2 Å². The molecule has 0 fully saturated rings. The van der Waals surface area contributed by atoms with Crippen LogP contribution in [0, 0.1) is 6.92 Å². The summed E-state index contributed by atoms with van der Waals surface area (Å²) in [5.41, 5.74) is 3.66. The lowest BCUT2D eigenvalue weighted by Gasteiger charge is -2.13. The number of esters is 1. The maximum Gasteiger partial charge on any atom is 0.340 e. The van der Waals surface area contributed by atoms with Gasteiger partial charge in [0.2, 0.25) is 0 Å². The van der Waals surface area contributed by atoms with E-state index in [9.17, 15) is 4.79 Å². The van der Waals surface area contributed by atoms with Crippen molar-refractivity contribution in [2.45, 2.75) is 20.1 Å². The molecule has 6 heteroatoms. The first-order valence-electron chi connectivity index (χ1n) is 8.56. The van der Waals surface area contributed by atoms with Crippen molar-refractivity contribution in [2.75, 3.05) is 7.11 Å². The highest BCUT2D eigenvalue weighted by Gasteiger charge is 2.20. The van der Waals surface area contributed by atoms with Crippen molar-refractivity contribution < 1.29 is 14.3 Å². The molecule has 0 aliphatic rings. The number of ether oxygens (including phenoxy) is 2. The maximum atomic E-state index is 12.9. The number of nitrogens with zero attached hydrogens (tertiary/aromatic N) is 2. The van der Waals surface area contributed by atoms with Gasteiger partial charge >= 0.3 is 5.97 Å². The summed E-state index contributed by atoms with van der Waals surface area (Å²) < 4.78 is 11.9. The molecule has 0 saturated carbocycles. The highest BCUT2D eigenvalue weighted by Crippen LogP contribution is 2.26. The van der Waals surface area contributed by atoms with Crippen molar-refractivity contribution in [3.8, 4) is 0 Å². The van der Waals surface area contributed by atoms with Crippen molar-refractivity contribution in [1.82, 2.24) is 9.97 Å². The van der Waals surface area contributed by atoms with E-state index >= 15 is 0 Å². The quantitative estimate of drug-likeness (QED) is 0.473. The standard InChI is InChI=1S/C21H18N2O3S/c1-13-14-7-3-4-8-15(14)22-17(11-25-2)20(13)21(24)26-12-19-23-16-9-5-6-10-18(16)27-19/h3-10H,11-12H2,1-2H3. The smallest absolute Gasteiger partial charge is 0.340 e. The number of para-hydroxylation sites is 2. The number of aryl methyl sites for hydroxylation is 1. The summed E-state index contributed by atoms with van der Waals surface area (Å²) in [6, 6.07) is 15.6. The lowest BCUT2D eigenvalue weighted by atomic mass is 10.0. The molecule has 4 aromatic rings. The molecule has 0 radical (unpaired) electrons. The Balaban J connectivity index is 1.64. The van der Waals surface area contributed by atoms with E-state index in [1.54, 1.807) is 7.11 Å². The Hall–Kier alpha value is -2.83. The number of benzene rings is 2. The molecule has 2 aromatic heterocycles. The molecule has 2 heterocycles. The van der Waals surface area contributed by atoms with Gasteiger partial charge < -0.3 is 9.47 Å². The van der Waals surface area contributed by atoms with Crippen molar-refractivity contribution in [3.05, 3.63) is 70.4 Å². The third-order valence-corrected chi connectivity index (χ3v) is 5.39. The Labute approximate surface area is 160 Å². The third-order valence-electron chi connectivity index (χ3n) is 4.38. The molecule has 27 heavy (non-hydrogen) atoms. The van der Waals surface area contributed by atoms with Crippen LogP contribution in [0.1, 0.15) is 26.6 Å². The van der Waals surface area contributed by atoms with Crippen molar-refractivity contribution >= 4 is 38.4 Å². The van der Waals surface area contributed by atoms with Crippen LogP contribution >= 0.6 is 11.3 Å².